The quantitative estimate of drug-likeness (QED) is 0.698. The summed E-state index contributed by atoms with van der Waals surface area (Å²) in [6.45, 7) is 6.53. The third-order valence-corrected chi connectivity index (χ3v) is 4.98. The van der Waals surface area contributed by atoms with Crippen LogP contribution in [0.15, 0.2) is 48.5 Å². The van der Waals surface area contributed by atoms with Crippen molar-refractivity contribution in [1.82, 2.24) is 4.57 Å². The maximum atomic E-state index is 12.1. The van der Waals surface area contributed by atoms with E-state index in [1.807, 2.05) is 57.2 Å². The molecule has 0 amide bonds. The van der Waals surface area contributed by atoms with E-state index in [4.69, 9.17) is 9.47 Å². The standard InChI is InChI=1S/C22H23NO4/c1-13(2)20-19(21(24)25)17-10-9-16(22-26-14(3)27-22)11-18(17)23(20)12-15-7-5-4-6-8-15/h4-11,13-14,22H,12H2,1-3H3,(H,24,25). The number of hydrogen-bond donors (Lipinski definition) is 1. The predicted octanol–water partition coefficient (Wildman–Crippen LogP) is 4.90. The van der Waals surface area contributed by atoms with Crippen LogP contribution in [0, 0.1) is 0 Å². The largest absolute Gasteiger partial charge is 0.478 e. The van der Waals surface area contributed by atoms with E-state index >= 15 is 0 Å². The molecule has 1 N–H and O–H groups in total. The molecule has 0 atom stereocenters. The van der Waals surface area contributed by atoms with Gasteiger partial charge in [-0.2, -0.15) is 0 Å². The van der Waals surface area contributed by atoms with Crippen LogP contribution in [0.5, 0.6) is 0 Å². The molecule has 5 heteroatoms. The number of carbonyl (C=O) groups is 1. The molecule has 27 heavy (non-hydrogen) atoms. The van der Waals surface area contributed by atoms with E-state index in [9.17, 15) is 9.90 Å². The van der Waals surface area contributed by atoms with Crippen molar-refractivity contribution in [3.63, 3.8) is 0 Å². The lowest BCUT2D eigenvalue weighted by Crippen LogP contribution is -2.31. The molecule has 0 spiro atoms. The number of ether oxygens (including phenoxy) is 2. The van der Waals surface area contributed by atoms with Gasteiger partial charge in [-0.3, -0.25) is 0 Å². The molecule has 0 unspecified atom stereocenters. The van der Waals surface area contributed by atoms with Gasteiger partial charge >= 0.3 is 5.97 Å². The highest BCUT2D eigenvalue weighted by Gasteiger charge is 2.30. The third-order valence-electron chi connectivity index (χ3n) is 4.98. The molecule has 2 heterocycles. The van der Waals surface area contributed by atoms with Gasteiger partial charge in [0.2, 0.25) is 0 Å². The van der Waals surface area contributed by atoms with Crippen LogP contribution in [0.2, 0.25) is 0 Å². The van der Waals surface area contributed by atoms with E-state index < -0.39 is 5.97 Å². The molecule has 1 saturated heterocycles. The summed E-state index contributed by atoms with van der Waals surface area (Å²) in [5.41, 5.74) is 4.14. The molecule has 0 bridgehead atoms. The number of fused-ring (bicyclic) bond motifs is 1. The number of benzene rings is 2. The van der Waals surface area contributed by atoms with Crippen molar-refractivity contribution >= 4 is 16.9 Å². The van der Waals surface area contributed by atoms with Crippen LogP contribution in [-0.2, 0) is 16.0 Å². The van der Waals surface area contributed by atoms with Gasteiger partial charge in [0.25, 0.3) is 0 Å². The van der Waals surface area contributed by atoms with Gasteiger partial charge in [0.15, 0.2) is 12.6 Å². The highest BCUT2D eigenvalue weighted by atomic mass is 16.9. The van der Waals surface area contributed by atoms with Crippen LogP contribution >= 0.6 is 0 Å². The Labute approximate surface area is 158 Å². The highest BCUT2D eigenvalue weighted by molar-refractivity contribution is 6.05. The summed E-state index contributed by atoms with van der Waals surface area (Å²) in [4.78, 5) is 12.1. The molecule has 5 nitrogen and oxygen atoms in total. The monoisotopic (exact) mass is 365 g/mol. The summed E-state index contributed by atoms with van der Waals surface area (Å²) in [6, 6.07) is 15.8. The van der Waals surface area contributed by atoms with E-state index in [2.05, 4.69) is 16.7 Å². The van der Waals surface area contributed by atoms with Gasteiger partial charge in [-0.15, -0.1) is 0 Å². The maximum absolute atomic E-state index is 12.1. The zero-order chi connectivity index (χ0) is 19.1. The number of nitrogens with zero attached hydrogens (tertiary/aromatic N) is 1. The Morgan fingerprint density at radius 1 is 1.15 bits per heavy atom. The summed E-state index contributed by atoms with van der Waals surface area (Å²) >= 11 is 0. The van der Waals surface area contributed by atoms with Crippen LogP contribution in [0.1, 0.15) is 60.2 Å². The fraction of sp³-hybridized carbons (Fsp3) is 0.318. The molecule has 0 saturated carbocycles. The van der Waals surface area contributed by atoms with Crippen molar-refractivity contribution in [2.45, 2.75) is 45.8 Å². The Bertz CT molecular complexity index is 984. The molecular formula is C22H23NO4. The second-order valence-corrected chi connectivity index (χ2v) is 7.24. The molecule has 1 aliphatic heterocycles. The first kappa shape index (κ1) is 17.8. The summed E-state index contributed by atoms with van der Waals surface area (Å²) in [7, 11) is 0. The average Bonchev–Trinajstić information content (AvgIpc) is 2.94. The number of carboxylic acids is 1. The first-order chi connectivity index (χ1) is 13.0. The zero-order valence-corrected chi connectivity index (χ0v) is 15.7. The van der Waals surface area contributed by atoms with Crippen LogP contribution in [0.25, 0.3) is 10.9 Å². The molecule has 1 aromatic heterocycles. The molecule has 4 rings (SSSR count). The molecule has 140 valence electrons. The van der Waals surface area contributed by atoms with Crippen LogP contribution in [0.4, 0.5) is 0 Å². The fourth-order valence-corrected chi connectivity index (χ4v) is 3.81. The summed E-state index contributed by atoms with van der Waals surface area (Å²) in [5.74, 6) is -0.820. The van der Waals surface area contributed by atoms with Gasteiger partial charge in [-0.25, -0.2) is 4.79 Å². The fourth-order valence-electron chi connectivity index (χ4n) is 3.81. The van der Waals surface area contributed by atoms with Crippen LogP contribution < -0.4 is 0 Å². The summed E-state index contributed by atoms with van der Waals surface area (Å²) in [6.07, 6.45) is -0.595. The highest BCUT2D eigenvalue weighted by Crippen LogP contribution is 2.37. The average molecular weight is 365 g/mol. The van der Waals surface area contributed by atoms with Crippen LogP contribution in [0.3, 0.4) is 0 Å². The smallest absolute Gasteiger partial charge is 0.338 e. The molecular weight excluding hydrogens is 342 g/mol. The van der Waals surface area contributed by atoms with Crippen molar-refractivity contribution in [3.8, 4) is 0 Å². The Morgan fingerprint density at radius 3 is 2.44 bits per heavy atom. The summed E-state index contributed by atoms with van der Waals surface area (Å²) in [5, 5.41) is 10.6. The normalized spacial score (nSPS) is 19.4. The minimum Gasteiger partial charge on any atom is -0.478 e. The Hall–Kier alpha value is -2.63. The van der Waals surface area contributed by atoms with Crippen LogP contribution in [-0.4, -0.2) is 21.9 Å². The van der Waals surface area contributed by atoms with Crippen molar-refractivity contribution in [3.05, 3.63) is 70.9 Å². The molecule has 1 aliphatic rings. The first-order valence-corrected chi connectivity index (χ1v) is 9.20. The Balaban J connectivity index is 1.91. The lowest BCUT2D eigenvalue weighted by Gasteiger charge is -2.34. The minimum atomic E-state index is -0.895. The first-order valence-electron chi connectivity index (χ1n) is 9.20. The van der Waals surface area contributed by atoms with Gasteiger partial charge in [0.05, 0.1) is 5.56 Å². The number of hydrogen-bond acceptors (Lipinski definition) is 3. The van der Waals surface area contributed by atoms with Crippen molar-refractivity contribution < 1.29 is 19.4 Å². The van der Waals surface area contributed by atoms with E-state index in [0.717, 1.165) is 27.7 Å². The predicted molar refractivity (Wildman–Crippen MR) is 103 cm³/mol. The second kappa shape index (κ2) is 6.83. The van der Waals surface area contributed by atoms with Gasteiger partial charge in [0, 0.05) is 28.7 Å². The van der Waals surface area contributed by atoms with E-state index in [-0.39, 0.29) is 18.5 Å². The summed E-state index contributed by atoms with van der Waals surface area (Å²) < 4.78 is 13.3. The number of aromatic carboxylic acids is 1. The lowest BCUT2D eigenvalue weighted by atomic mass is 10.0. The van der Waals surface area contributed by atoms with E-state index in [1.54, 1.807) is 0 Å². The van der Waals surface area contributed by atoms with Crippen molar-refractivity contribution in [2.24, 2.45) is 0 Å². The SMILES string of the molecule is CC1OC(c2ccc3c(C(=O)O)c(C(C)C)n(Cc4ccccc4)c3c2)O1. The number of carboxylic acid groups (broad SMARTS) is 1. The van der Waals surface area contributed by atoms with Gasteiger partial charge < -0.3 is 19.1 Å². The number of aromatic nitrogens is 1. The maximum Gasteiger partial charge on any atom is 0.338 e. The van der Waals surface area contributed by atoms with Crippen molar-refractivity contribution in [1.29, 1.82) is 0 Å². The van der Waals surface area contributed by atoms with E-state index in [1.165, 1.54) is 0 Å². The topological polar surface area (TPSA) is 60.7 Å². The van der Waals surface area contributed by atoms with Gasteiger partial charge in [0.1, 0.15) is 0 Å². The zero-order valence-electron chi connectivity index (χ0n) is 15.7. The molecule has 0 aliphatic carbocycles. The molecule has 2 aromatic carbocycles. The minimum absolute atomic E-state index is 0.0758. The van der Waals surface area contributed by atoms with E-state index in [0.29, 0.717) is 12.1 Å². The Morgan fingerprint density at radius 2 is 1.85 bits per heavy atom. The Kier molecular flexibility index (Phi) is 4.50. The number of rotatable bonds is 5. The molecule has 1 fully saturated rings. The van der Waals surface area contributed by atoms with Gasteiger partial charge in [-0.1, -0.05) is 56.3 Å². The van der Waals surface area contributed by atoms with Crippen molar-refractivity contribution in [2.75, 3.05) is 0 Å². The lowest BCUT2D eigenvalue weighted by molar-refractivity contribution is -0.382. The van der Waals surface area contributed by atoms with Gasteiger partial charge in [-0.05, 0) is 24.5 Å². The molecule has 3 aromatic rings. The second-order valence-electron chi connectivity index (χ2n) is 7.24. The third kappa shape index (κ3) is 3.13. The molecule has 0 radical (unpaired) electrons.